The molecule has 3 unspecified atom stereocenters. The summed E-state index contributed by atoms with van der Waals surface area (Å²) in [5.74, 6) is 0.294. The van der Waals surface area contributed by atoms with Crippen LogP contribution in [-0.4, -0.2) is 17.7 Å². The number of benzene rings is 1. The summed E-state index contributed by atoms with van der Waals surface area (Å²) in [7, 11) is 0. The quantitative estimate of drug-likeness (QED) is 0.791. The Kier molecular flexibility index (Phi) is 5.68. The van der Waals surface area contributed by atoms with Gasteiger partial charge in [0, 0.05) is 6.54 Å². The molecule has 0 amide bonds. The van der Waals surface area contributed by atoms with Crippen LogP contribution in [-0.2, 0) is 0 Å². The number of nitriles is 1. The number of aliphatic hydroxyl groups is 1. The van der Waals surface area contributed by atoms with Crippen molar-refractivity contribution in [2.24, 2.45) is 5.92 Å². The Morgan fingerprint density at radius 2 is 2.00 bits per heavy atom. The largest absolute Gasteiger partial charge is 0.387 e. The number of hydrogen-bond acceptors (Lipinski definition) is 3. The van der Waals surface area contributed by atoms with Crippen LogP contribution < -0.4 is 5.32 Å². The molecule has 0 aliphatic carbocycles. The van der Waals surface area contributed by atoms with E-state index in [1.807, 2.05) is 37.3 Å². The van der Waals surface area contributed by atoms with Gasteiger partial charge in [-0.3, -0.25) is 5.32 Å². The first-order chi connectivity index (χ1) is 8.19. The average Bonchev–Trinajstić information content (AvgIpc) is 2.39. The predicted molar refractivity (Wildman–Crippen MR) is 68.3 cm³/mol. The second kappa shape index (κ2) is 7.05. The molecule has 0 saturated carbocycles. The van der Waals surface area contributed by atoms with E-state index in [2.05, 4.69) is 18.3 Å². The van der Waals surface area contributed by atoms with Crippen LogP contribution in [0.15, 0.2) is 30.3 Å². The Morgan fingerprint density at radius 1 is 1.35 bits per heavy atom. The summed E-state index contributed by atoms with van der Waals surface area (Å²) >= 11 is 0. The van der Waals surface area contributed by atoms with Crippen molar-refractivity contribution in [1.29, 1.82) is 5.26 Å². The maximum Gasteiger partial charge on any atom is 0.0979 e. The minimum absolute atomic E-state index is 0.196. The first-order valence-electron chi connectivity index (χ1n) is 6.05. The fourth-order valence-electron chi connectivity index (χ4n) is 1.64. The van der Waals surface area contributed by atoms with Gasteiger partial charge in [-0.2, -0.15) is 5.26 Å². The third-order valence-corrected chi connectivity index (χ3v) is 3.07. The van der Waals surface area contributed by atoms with Gasteiger partial charge >= 0.3 is 0 Å². The standard InChI is InChI=1S/C14H20N2O/c1-3-11(2)13(9-15)16-10-14(17)12-7-5-4-6-8-12/h4-8,11,13-14,16-17H,3,10H2,1-2H3. The summed E-state index contributed by atoms with van der Waals surface area (Å²) in [6, 6.07) is 11.5. The van der Waals surface area contributed by atoms with E-state index in [-0.39, 0.29) is 6.04 Å². The Hall–Kier alpha value is -1.37. The SMILES string of the molecule is CCC(C)C(C#N)NCC(O)c1ccccc1. The van der Waals surface area contributed by atoms with Crippen LogP contribution >= 0.6 is 0 Å². The Bertz CT molecular complexity index is 358. The normalized spacial score (nSPS) is 15.9. The molecule has 0 aliphatic heterocycles. The van der Waals surface area contributed by atoms with E-state index in [0.717, 1.165) is 12.0 Å². The zero-order valence-electron chi connectivity index (χ0n) is 10.4. The van der Waals surface area contributed by atoms with E-state index < -0.39 is 6.10 Å². The van der Waals surface area contributed by atoms with E-state index in [9.17, 15) is 5.11 Å². The molecule has 0 aromatic heterocycles. The lowest BCUT2D eigenvalue weighted by atomic mass is 10.00. The summed E-state index contributed by atoms with van der Waals surface area (Å²) < 4.78 is 0. The van der Waals surface area contributed by atoms with Crippen LogP contribution in [0, 0.1) is 17.2 Å². The molecule has 92 valence electrons. The van der Waals surface area contributed by atoms with Gasteiger partial charge in [-0.15, -0.1) is 0 Å². The van der Waals surface area contributed by atoms with Crippen molar-refractivity contribution in [2.75, 3.05) is 6.54 Å². The van der Waals surface area contributed by atoms with Crippen LogP contribution in [0.5, 0.6) is 0 Å². The van der Waals surface area contributed by atoms with E-state index in [4.69, 9.17) is 5.26 Å². The molecule has 0 fully saturated rings. The van der Waals surface area contributed by atoms with Gasteiger partial charge in [-0.1, -0.05) is 50.6 Å². The summed E-state index contributed by atoms with van der Waals surface area (Å²) in [6.07, 6.45) is 0.392. The molecule has 1 rings (SSSR count). The van der Waals surface area contributed by atoms with Gasteiger partial charge in [0.1, 0.15) is 0 Å². The summed E-state index contributed by atoms with van der Waals surface area (Å²) in [6.45, 7) is 4.51. The molecule has 1 aromatic rings. The van der Waals surface area contributed by atoms with Crippen molar-refractivity contribution < 1.29 is 5.11 Å². The molecule has 0 spiro atoms. The van der Waals surface area contributed by atoms with Crippen LogP contribution in [0.2, 0.25) is 0 Å². The summed E-state index contributed by atoms with van der Waals surface area (Å²) in [5, 5.41) is 22.1. The van der Waals surface area contributed by atoms with Crippen molar-refractivity contribution in [3.8, 4) is 6.07 Å². The molecule has 0 heterocycles. The lowest BCUT2D eigenvalue weighted by Crippen LogP contribution is -2.36. The van der Waals surface area contributed by atoms with Gasteiger partial charge in [0.15, 0.2) is 0 Å². The van der Waals surface area contributed by atoms with Gasteiger partial charge < -0.3 is 5.11 Å². The van der Waals surface area contributed by atoms with Gasteiger partial charge in [0.05, 0.1) is 18.2 Å². The number of nitrogens with zero attached hydrogens (tertiary/aromatic N) is 1. The molecule has 0 radical (unpaired) electrons. The number of hydrogen-bond donors (Lipinski definition) is 2. The van der Waals surface area contributed by atoms with Crippen molar-refractivity contribution in [3.05, 3.63) is 35.9 Å². The first-order valence-corrected chi connectivity index (χ1v) is 6.05. The maximum atomic E-state index is 9.95. The zero-order chi connectivity index (χ0) is 12.7. The Morgan fingerprint density at radius 3 is 2.53 bits per heavy atom. The fourth-order valence-corrected chi connectivity index (χ4v) is 1.64. The molecule has 0 saturated heterocycles. The molecule has 0 bridgehead atoms. The molecule has 2 N–H and O–H groups in total. The van der Waals surface area contributed by atoms with Gasteiger partial charge in [-0.25, -0.2) is 0 Å². The Labute approximate surface area is 103 Å². The van der Waals surface area contributed by atoms with Crippen LogP contribution in [0.3, 0.4) is 0 Å². The minimum Gasteiger partial charge on any atom is -0.387 e. The Balaban J connectivity index is 2.48. The number of rotatable bonds is 6. The van der Waals surface area contributed by atoms with E-state index in [1.165, 1.54) is 0 Å². The summed E-state index contributed by atoms with van der Waals surface area (Å²) in [5.41, 5.74) is 0.876. The third kappa shape index (κ3) is 4.18. The topological polar surface area (TPSA) is 56.0 Å². The van der Waals surface area contributed by atoms with Gasteiger partial charge in [0.25, 0.3) is 0 Å². The van der Waals surface area contributed by atoms with Crippen LogP contribution in [0.1, 0.15) is 31.9 Å². The highest BCUT2D eigenvalue weighted by atomic mass is 16.3. The monoisotopic (exact) mass is 232 g/mol. The first kappa shape index (κ1) is 13.7. The van der Waals surface area contributed by atoms with Crippen molar-refractivity contribution in [1.82, 2.24) is 5.32 Å². The second-order valence-corrected chi connectivity index (χ2v) is 4.33. The highest BCUT2D eigenvalue weighted by molar-refractivity contribution is 5.17. The molecule has 1 aromatic carbocycles. The predicted octanol–water partition coefficient (Wildman–Crippen LogP) is 2.25. The zero-order valence-corrected chi connectivity index (χ0v) is 10.4. The van der Waals surface area contributed by atoms with E-state index in [0.29, 0.717) is 12.5 Å². The van der Waals surface area contributed by atoms with Crippen molar-refractivity contribution in [2.45, 2.75) is 32.4 Å². The van der Waals surface area contributed by atoms with Crippen molar-refractivity contribution in [3.63, 3.8) is 0 Å². The van der Waals surface area contributed by atoms with Crippen molar-refractivity contribution >= 4 is 0 Å². The average molecular weight is 232 g/mol. The highest BCUT2D eigenvalue weighted by Gasteiger charge is 2.16. The number of nitrogens with one attached hydrogen (secondary N) is 1. The summed E-state index contributed by atoms with van der Waals surface area (Å²) in [4.78, 5) is 0. The molecular weight excluding hydrogens is 212 g/mol. The molecular formula is C14H20N2O. The molecule has 3 nitrogen and oxygen atoms in total. The van der Waals surface area contributed by atoms with Gasteiger partial charge in [-0.05, 0) is 11.5 Å². The number of aliphatic hydroxyl groups excluding tert-OH is 1. The van der Waals surface area contributed by atoms with Crippen LogP contribution in [0.4, 0.5) is 0 Å². The highest BCUT2D eigenvalue weighted by Crippen LogP contribution is 2.12. The third-order valence-electron chi connectivity index (χ3n) is 3.07. The molecule has 3 atom stereocenters. The molecule has 17 heavy (non-hydrogen) atoms. The van der Waals surface area contributed by atoms with E-state index >= 15 is 0 Å². The van der Waals surface area contributed by atoms with Crippen LogP contribution in [0.25, 0.3) is 0 Å². The lowest BCUT2D eigenvalue weighted by Gasteiger charge is -2.19. The van der Waals surface area contributed by atoms with E-state index in [1.54, 1.807) is 0 Å². The second-order valence-electron chi connectivity index (χ2n) is 4.33. The van der Waals surface area contributed by atoms with Gasteiger partial charge in [0.2, 0.25) is 0 Å². The minimum atomic E-state index is -0.559. The lowest BCUT2D eigenvalue weighted by molar-refractivity contribution is 0.169. The molecule has 3 heteroatoms. The fraction of sp³-hybridized carbons (Fsp3) is 0.500. The molecule has 0 aliphatic rings. The maximum absolute atomic E-state index is 9.95. The smallest absolute Gasteiger partial charge is 0.0979 e.